The number of halogens is 1. The first-order chi connectivity index (χ1) is 5.79. The molecular weight excluding hydrogens is 174 g/mol. The van der Waals surface area contributed by atoms with Gasteiger partial charge in [0.25, 0.3) is 0 Å². The number of aromatic nitrogens is 2. The maximum absolute atomic E-state index is 5.96. The van der Waals surface area contributed by atoms with Crippen LogP contribution in [0.2, 0.25) is 5.28 Å². The lowest BCUT2D eigenvalue weighted by Gasteiger charge is -2.02. The van der Waals surface area contributed by atoms with Crippen molar-refractivity contribution in [2.24, 2.45) is 0 Å². The molecule has 66 valence electrons. The van der Waals surface area contributed by atoms with Crippen LogP contribution in [-0.4, -0.2) is 16.1 Å². The number of nitrogens with one attached hydrogen (secondary N) is 1. The van der Waals surface area contributed by atoms with Gasteiger partial charge in [0, 0.05) is 13.1 Å². The Bertz CT molecular complexity index is 266. The number of fused-ring (bicyclic) bond motifs is 1. The van der Waals surface area contributed by atoms with Crippen molar-refractivity contribution in [2.45, 2.75) is 26.4 Å². The van der Waals surface area contributed by atoms with Gasteiger partial charge in [-0.15, -0.1) is 0 Å². The maximum Gasteiger partial charge on any atom is 0.203 e. The molecule has 12 heavy (non-hydrogen) atoms. The number of rotatable bonds is 0. The monoisotopic (exact) mass is 185 g/mol. The molecule has 2 heterocycles. The molecule has 3 nitrogen and oxygen atoms in total. The molecule has 0 saturated carbocycles. The molecular formula is C8H12ClN3. The highest BCUT2D eigenvalue weighted by Gasteiger charge is 2.14. The van der Waals surface area contributed by atoms with E-state index in [-0.39, 0.29) is 0 Å². The Labute approximate surface area is 76.7 Å². The molecule has 0 saturated heterocycles. The van der Waals surface area contributed by atoms with Gasteiger partial charge in [0.05, 0.1) is 11.4 Å². The summed E-state index contributed by atoms with van der Waals surface area (Å²) in [6.45, 7) is 4.95. The van der Waals surface area contributed by atoms with Crippen LogP contribution < -0.4 is 5.32 Å². The number of aryl methyl sites for hydroxylation is 1. The fourth-order valence-corrected chi connectivity index (χ4v) is 1.90. The second-order valence-electron chi connectivity index (χ2n) is 3.09. The molecule has 0 fully saturated rings. The molecule has 0 radical (unpaired) electrons. The van der Waals surface area contributed by atoms with Crippen LogP contribution in [0.1, 0.15) is 17.8 Å². The van der Waals surface area contributed by atoms with Crippen LogP contribution in [0.3, 0.4) is 0 Å². The fraction of sp³-hybridized carbons (Fsp3) is 0.625. The van der Waals surface area contributed by atoms with E-state index in [0.717, 1.165) is 31.7 Å². The summed E-state index contributed by atoms with van der Waals surface area (Å²) >= 11 is 5.96. The molecule has 0 aliphatic carbocycles. The van der Waals surface area contributed by atoms with E-state index in [1.54, 1.807) is 0 Å². The van der Waals surface area contributed by atoms with E-state index in [9.17, 15) is 0 Å². The molecule has 1 aliphatic rings. The summed E-state index contributed by atoms with van der Waals surface area (Å²) < 4.78 is 2.09. The quantitative estimate of drug-likeness (QED) is 0.661. The van der Waals surface area contributed by atoms with E-state index in [1.165, 1.54) is 5.69 Å². The van der Waals surface area contributed by atoms with Crippen LogP contribution >= 0.6 is 11.6 Å². The van der Waals surface area contributed by atoms with Crippen molar-refractivity contribution in [2.75, 3.05) is 6.54 Å². The third kappa shape index (κ3) is 1.23. The predicted molar refractivity (Wildman–Crippen MR) is 48.3 cm³/mol. The Morgan fingerprint density at radius 2 is 2.42 bits per heavy atom. The lowest BCUT2D eigenvalue weighted by molar-refractivity contribution is 0.641. The van der Waals surface area contributed by atoms with Crippen molar-refractivity contribution in [3.63, 3.8) is 0 Å². The van der Waals surface area contributed by atoms with Crippen LogP contribution in [0.4, 0.5) is 0 Å². The molecule has 1 aliphatic heterocycles. The van der Waals surface area contributed by atoms with Crippen molar-refractivity contribution in [3.8, 4) is 0 Å². The maximum atomic E-state index is 5.96. The van der Waals surface area contributed by atoms with Gasteiger partial charge in [0.15, 0.2) is 0 Å². The lowest BCUT2D eigenvalue weighted by Crippen LogP contribution is -2.12. The van der Waals surface area contributed by atoms with Gasteiger partial charge in [0.2, 0.25) is 5.28 Å². The van der Waals surface area contributed by atoms with Gasteiger partial charge < -0.3 is 9.88 Å². The molecule has 4 heteroatoms. The predicted octanol–water partition coefficient (Wildman–Crippen LogP) is 1.34. The molecule has 0 bridgehead atoms. The summed E-state index contributed by atoms with van der Waals surface area (Å²) in [6.07, 6.45) is 1.13. The molecule has 2 rings (SSSR count). The summed E-state index contributed by atoms with van der Waals surface area (Å²) in [5.41, 5.74) is 2.28. The Hall–Kier alpha value is -0.540. The van der Waals surface area contributed by atoms with E-state index in [0.29, 0.717) is 5.28 Å². The highest BCUT2D eigenvalue weighted by molar-refractivity contribution is 6.28. The summed E-state index contributed by atoms with van der Waals surface area (Å²) in [7, 11) is 0. The average Bonchev–Trinajstić information content (AvgIpc) is 2.29. The van der Waals surface area contributed by atoms with Crippen molar-refractivity contribution in [1.29, 1.82) is 0 Å². The van der Waals surface area contributed by atoms with Crippen LogP contribution in [-0.2, 0) is 13.1 Å². The van der Waals surface area contributed by atoms with Crippen LogP contribution in [0, 0.1) is 6.92 Å². The SMILES string of the molecule is Cc1nc(Cl)n2c1CNCCC2. The van der Waals surface area contributed by atoms with Gasteiger partial charge in [-0.1, -0.05) is 0 Å². The number of nitrogens with zero attached hydrogens (tertiary/aromatic N) is 2. The molecule has 1 N–H and O–H groups in total. The molecule has 1 aromatic rings. The van der Waals surface area contributed by atoms with Crippen LogP contribution in [0.25, 0.3) is 0 Å². The third-order valence-electron chi connectivity index (χ3n) is 2.25. The van der Waals surface area contributed by atoms with E-state index < -0.39 is 0 Å². The average molecular weight is 186 g/mol. The third-order valence-corrected chi connectivity index (χ3v) is 2.54. The van der Waals surface area contributed by atoms with Gasteiger partial charge >= 0.3 is 0 Å². The highest BCUT2D eigenvalue weighted by atomic mass is 35.5. The second-order valence-corrected chi connectivity index (χ2v) is 3.43. The van der Waals surface area contributed by atoms with Gasteiger partial charge in [-0.2, -0.15) is 0 Å². The van der Waals surface area contributed by atoms with Gasteiger partial charge in [0.1, 0.15) is 0 Å². The normalized spacial score (nSPS) is 17.2. The van der Waals surface area contributed by atoms with Crippen molar-refractivity contribution in [1.82, 2.24) is 14.9 Å². The van der Waals surface area contributed by atoms with Gasteiger partial charge in [-0.25, -0.2) is 4.98 Å². The number of imidazole rings is 1. The molecule has 0 unspecified atom stereocenters. The Balaban J connectivity index is 2.44. The minimum absolute atomic E-state index is 0.631. The minimum atomic E-state index is 0.631. The summed E-state index contributed by atoms with van der Waals surface area (Å²) in [5.74, 6) is 0. The van der Waals surface area contributed by atoms with Crippen molar-refractivity contribution >= 4 is 11.6 Å². The summed E-state index contributed by atoms with van der Waals surface area (Å²) in [5, 5.41) is 3.97. The van der Waals surface area contributed by atoms with Crippen molar-refractivity contribution in [3.05, 3.63) is 16.7 Å². The Morgan fingerprint density at radius 3 is 3.25 bits per heavy atom. The van der Waals surface area contributed by atoms with Crippen molar-refractivity contribution < 1.29 is 0 Å². The first kappa shape index (κ1) is 8.08. The zero-order valence-corrected chi connectivity index (χ0v) is 7.86. The van der Waals surface area contributed by atoms with E-state index in [4.69, 9.17) is 11.6 Å². The Morgan fingerprint density at radius 1 is 1.58 bits per heavy atom. The largest absolute Gasteiger partial charge is 0.317 e. The standard InChI is InChI=1S/C8H12ClN3/c1-6-7-5-10-3-2-4-12(7)8(9)11-6/h10H,2-5H2,1H3. The highest BCUT2D eigenvalue weighted by Crippen LogP contribution is 2.17. The minimum Gasteiger partial charge on any atom is -0.317 e. The Kier molecular flexibility index (Phi) is 2.07. The van der Waals surface area contributed by atoms with Crippen LogP contribution in [0.5, 0.6) is 0 Å². The topological polar surface area (TPSA) is 29.9 Å². The molecule has 0 spiro atoms. The fourth-order valence-electron chi connectivity index (χ4n) is 1.59. The zero-order valence-electron chi connectivity index (χ0n) is 7.10. The van der Waals surface area contributed by atoms with Gasteiger partial charge in [-0.05, 0) is 31.5 Å². The summed E-state index contributed by atoms with van der Waals surface area (Å²) in [4.78, 5) is 4.22. The summed E-state index contributed by atoms with van der Waals surface area (Å²) in [6, 6.07) is 0. The number of hydrogen-bond acceptors (Lipinski definition) is 2. The first-order valence-electron chi connectivity index (χ1n) is 4.21. The van der Waals surface area contributed by atoms with Gasteiger partial charge in [-0.3, -0.25) is 0 Å². The molecule has 0 atom stereocenters. The number of hydrogen-bond donors (Lipinski definition) is 1. The lowest BCUT2D eigenvalue weighted by atomic mass is 10.3. The van der Waals surface area contributed by atoms with E-state index in [1.807, 2.05) is 6.92 Å². The van der Waals surface area contributed by atoms with E-state index >= 15 is 0 Å². The molecule has 1 aromatic heterocycles. The van der Waals surface area contributed by atoms with Crippen LogP contribution in [0.15, 0.2) is 0 Å². The molecule has 0 amide bonds. The van der Waals surface area contributed by atoms with E-state index in [2.05, 4.69) is 14.9 Å². The zero-order chi connectivity index (χ0) is 8.55. The first-order valence-corrected chi connectivity index (χ1v) is 4.59. The second kappa shape index (κ2) is 3.07. The molecule has 0 aromatic carbocycles. The smallest absolute Gasteiger partial charge is 0.203 e.